The van der Waals surface area contributed by atoms with Crippen LogP contribution in [0.4, 0.5) is 4.39 Å². The highest BCUT2D eigenvalue weighted by molar-refractivity contribution is 6.33. The van der Waals surface area contributed by atoms with Gasteiger partial charge in [0.1, 0.15) is 22.8 Å². The van der Waals surface area contributed by atoms with Gasteiger partial charge in [-0.25, -0.2) is 4.39 Å². The van der Waals surface area contributed by atoms with Crippen molar-refractivity contribution in [2.45, 2.75) is 45.6 Å². The number of carbonyl (C=O) groups excluding carboxylic acids is 1. The molecule has 0 N–H and O–H groups in total. The third-order valence-corrected chi connectivity index (χ3v) is 4.95. The molecule has 3 rings (SSSR count). The number of rotatable bonds is 3. The topological polar surface area (TPSA) is 46.3 Å². The van der Waals surface area contributed by atoms with E-state index in [0.717, 1.165) is 25.7 Å². The lowest BCUT2D eigenvalue weighted by Gasteiger charge is -2.35. The molecule has 0 spiro atoms. The summed E-state index contributed by atoms with van der Waals surface area (Å²) in [5.74, 6) is -0.292. The predicted octanol–water partition coefficient (Wildman–Crippen LogP) is 4.85. The van der Waals surface area contributed by atoms with Gasteiger partial charge in [0.2, 0.25) is 0 Å². The van der Waals surface area contributed by atoms with Gasteiger partial charge >= 0.3 is 0 Å². The molecule has 1 atom stereocenters. The predicted molar refractivity (Wildman–Crippen MR) is 90.6 cm³/mol. The first-order chi connectivity index (χ1) is 11.5. The molecule has 0 saturated carbocycles. The standard InChI is InChI=1S/C18H20ClFN2O2/c1-3-12-7-4-5-10-22(12)18(23)15-11(2)24-21-17(15)16-13(19)8-6-9-14(16)20/h6,8-9,12H,3-5,7,10H2,1-2H3/t12-/m1/s1. The van der Waals surface area contributed by atoms with Gasteiger partial charge in [0.15, 0.2) is 0 Å². The van der Waals surface area contributed by atoms with E-state index in [1.165, 1.54) is 12.1 Å². The molecule has 2 heterocycles. The van der Waals surface area contributed by atoms with Crippen LogP contribution in [0, 0.1) is 12.7 Å². The van der Waals surface area contributed by atoms with Gasteiger partial charge in [0, 0.05) is 12.6 Å². The van der Waals surface area contributed by atoms with E-state index >= 15 is 0 Å². The first-order valence-corrected chi connectivity index (χ1v) is 8.64. The molecule has 2 aromatic rings. The van der Waals surface area contributed by atoms with E-state index in [1.54, 1.807) is 13.0 Å². The number of aromatic nitrogens is 1. The first kappa shape index (κ1) is 17.0. The molecule has 1 fully saturated rings. The molecule has 128 valence electrons. The van der Waals surface area contributed by atoms with Crippen LogP contribution in [0.1, 0.15) is 48.7 Å². The number of amides is 1. The van der Waals surface area contributed by atoms with E-state index in [1.807, 2.05) is 4.90 Å². The lowest BCUT2D eigenvalue weighted by atomic mass is 9.97. The molecule has 1 aliphatic rings. The molecule has 4 nitrogen and oxygen atoms in total. The number of hydrogen-bond donors (Lipinski definition) is 0. The summed E-state index contributed by atoms with van der Waals surface area (Å²) in [4.78, 5) is 15.0. The second-order valence-electron chi connectivity index (χ2n) is 6.12. The Balaban J connectivity index is 2.06. The van der Waals surface area contributed by atoms with Crippen LogP contribution in [0.3, 0.4) is 0 Å². The van der Waals surface area contributed by atoms with Gasteiger partial charge in [0.05, 0.1) is 10.6 Å². The average molecular weight is 351 g/mol. The molecule has 0 radical (unpaired) electrons. The SMILES string of the molecule is CC[C@@H]1CCCCN1C(=O)c1c(-c2c(F)cccc2Cl)noc1C. The van der Waals surface area contributed by atoms with Crippen molar-refractivity contribution in [3.05, 3.63) is 40.4 Å². The number of piperidine rings is 1. The van der Waals surface area contributed by atoms with Gasteiger partial charge in [-0.05, 0) is 44.7 Å². The second-order valence-corrected chi connectivity index (χ2v) is 6.52. The zero-order valence-corrected chi connectivity index (χ0v) is 14.6. The minimum Gasteiger partial charge on any atom is -0.360 e. The van der Waals surface area contributed by atoms with Gasteiger partial charge in [0.25, 0.3) is 5.91 Å². The van der Waals surface area contributed by atoms with Crippen molar-refractivity contribution in [2.24, 2.45) is 0 Å². The van der Waals surface area contributed by atoms with Gasteiger partial charge in [-0.2, -0.15) is 0 Å². The first-order valence-electron chi connectivity index (χ1n) is 8.26. The molecule has 1 aromatic carbocycles. The summed E-state index contributed by atoms with van der Waals surface area (Å²) in [6, 6.07) is 4.60. The van der Waals surface area contributed by atoms with E-state index in [2.05, 4.69) is 12.1 Å². The fourth-order valence-corrected chi connectivity index (χ4v) is 3.61. The van der Waals surface area contributed by atoms with E-state index in [-0.39, 0.29) is 28.2 Å². The largest absolute Gasteiger partial charge is 0.360 e. The Kier molecular flexibility index (Phi) is 4.90. The number of benzene rings is 1. The lowest BCUT2D eigenvalue weighted by Crippen LogP contribution is -2.43. The van der Waals surface area contributed by atoms with Crippen LogP contribution in [0.15, 0.2) is 22.7 Å². The summed E-state index contributed by atoms with van der Waals surface area (Å²) in [5.41, 5.74) is 0.604. The molecule has 1 saturated heterocycles. The Morgan fingerprint density at radius 2 is 2.25 bits per heavy atom. The summed E-state index contributed by atoms with van der Waals surface area (Å²) < 4.78 is 19.5. The molecule has 1 aliphatic heterocycles. The molecule has 0 unspecified atom stereocenters. The summed E-state index contributed by atoms with van der Waals surface area (Å²) >= 11 is 6.15. The van der Waals surface area contributed by atoms with Crippen molar-refractivity contribution < 1.29 is 13.7 Å². The third-order valence-electron chi connectivity index (χ3n) is 4.64. The molecule has 0 bridgehead atoms. The normalized spacial score (nSPS) is 18.0. The minimum absolute atomic E-state index is 0.115. The zero-order chi connectivity index (χ0) is 17.3. The van der Waals surface area contributed by atoms with Crippen LogP contribution in [0.5, 0.6) is 0 Å². The van der Waals surface area contributed by atoms with E-state index in [4.69, 9.17) is 16.1 Å². The lowest BCUT2D eigenvalue weighted by molar-refractivity contribution is 0.0607. The van der Waals surface area contributed by atoms with Gasteiger partial charge in [-0.3, -0.25) is 4.79 Å². The maximum Gasteiger partial charge on any atom is 0.259 e. The maximum atomic E-state index is 14.3. The Bertz CT molecular complexity index is 739. The number of hydrogen-bond acceptors (Lipinski definition) is 3. The molecule has 1 aromatic heterocycles. The Labute approximate surface area is 145 Å². The van der Waals surface area contributed by atoms with E-state index < -0.39 is 5.82 Å². The number of nitrogens with zero attached hydrogens (tertiary/aromatic N) is 2. The van der Waals surface area contributed by atoms with Crippen molar-refractivity contribution in [3.63, 3.8) is 0 Å². The quantitative estimate of drug-likeness (QED) is 0.795. The fourth-order valence-electron chi connectivity index (χ4n) is 3.35. The highest BCUT2D eigenvalue weighted by Crippen LogP contribution is 2.35. The number of halogens is 2. The van der Waals surface area contributed by atoms with Crippen molar-refractivity contribution in [2.75, 3.05) is 6.54 Å². The van der Waals surface area contributed by atoms with Gasteiger partial charge < -0.3 is 9.42 Å². The summed E-state index contributed by atoms with van der Waals surface area (Å²) in [5, 5.41) is 4.14. The molecular weight excluding hydrogens is 331 g/mol. The van der Waals surface area contributed by atoms with Crippen molar-refractivity contribution >= 4 is 17.5 Å². The number of aryl methyl sites for hydroxylation is 1. The molecule has 1 amide bonds. The second kappa shape index (κ2) is 6.93. The van der Waals surface area contributed by atoms with Crippen LogP contribution in [0.2, 0.25) is 5.02 Å². The number of likely N-dealkylation sites (tertiary alicyclic amines) is 1. The van der Waals surface area contributed by atoms with Crippen LogP contribution in [-0.2, 0) is 0 Å². The zero-order valence-electron chi connectivity index (χ0n) is 13.8. The molecule has 6 heteroatoms. The van der Waals surface area contributed by atoms with Gasteiger partial charge in [-0.15, -0.1) is 0 Å². The minimum atomic E-state index is -0.518. The Morgan fingerprint density at radius 3 is 2.96 bits per heavy atom. The van der Waals surface area contributed by atoms with Crippen molar-refractivity contribution in [3.8, 4) is 11.3 Å². The highest BCUT2D eigenvalue weighted by atomic mass is 35.5. The number of carbonyl (C=O) groups is 1. The van der Waals surface area contributed by atoms with Crippen LogP contribution >= 0.6 is 11.6 Å². The van der Waals surface area contributed by atoms with Crippen LogP contribution in [0.25, 0.3) is 11.3 Å². The van der Waals surface area contributed by atoms with Gasteiger partial charge in [-0.1, -0.05) is 29.7 Å². The van der Waals surface area contributed by atoms with E-state index in [9.17, 15) is 9.18 Å². The van der Waals surface area contributed by atoms with Crippen LogP contribution < -0.4 is 0 Å². The molecule has 24 heavy (non-hydrogen) atoms. The monoisotopic (exact) mass is 350 g/mol. The Morgan fingerprint density at radius 1 is 1.46 bits per heavy atom. The van der Waals surface area contributed by atoms with Crippen molar-refractivity contribution in [1.82, 2.24) is 10.1 Å². The third kappa shape index (κ3) is 2.93. The summed E-state index contributed by atoms with van der Waals surface area (Å²) in [6.07, 6.45) is 3.98. The van der Waals surface area contributed by atoms with Crippen molar-refractivity contribution in [1.29, 1.82) is 0 Å². The smallest absolute Gasteiger partial charge is 0.259 e. The molecular formula is C18H20ClFN2O2. The average Bonchev–Trinajstić information content (AvgIpc) is 2.95. The molecule has 0 aliphatic carbocycles. The Hall–Kier alpha value is -1.88. The maximum absolute atomic E-state index is 14.3. The van der Waals surface area contributed by atoms with Crippen LogP contribution in [-0.4, -0.2) is 28.6 Å². The summed E-state index contributed by atoms with van der Waals surface area (Å²) in [6.45, 7) is 4.45. The summed E-state index contributed by atoms with van der Waals surface area (Å²) in [7, 11) is 0. The van der Waals surface area contributed by atoms with E-state index in [0.29, 0.717) is 17.9 Å². The highest BCUT2D eigenvalue weighted by Gasteiger charge is 2.32. The fraction of sp³-hybridized carbons (Fsp3) is 0.444.